The Kier molecular flexibility index (Phi) is 8.01. The molecule has 162 valence electrons. The molecule has 2 heterocycles. The second kappa shape index (κ2) is 10.7. The molecular weight excluding hydrogens is 402 g/mol. The summed E-state index contributed by atoms with van der Waals surface area (Å²) in [5, 5.41) is 21.3. The summed E-state index contributed by atoms with van der Waals surface area (Å²) in [5.74, 6) is -0.983. The van der Waals surface area contributed by atoms with Crippen molar-refractivity contribution in [2.24, 2.45) is 0 Å². The summed E-state index contributed by atoms with van der Waals surface area (Å²) in [7, 11) is 0. The van der Waals surface area contributed by atoms with Crippen LogP contribution in [-0.4, -0.2) is 34.9 Å². The van der Waals surface area contributed by atoms with E-state index in [1.807, 2.05) is 30.3 Å². The predicted molar refractivity (Wildman–Crippen MR) is 117 cm³/mol. The van der Waals surface area contributed by atoms with Gasteiger partial charge in [-0.2, -0.15) is 0 Å². The molecule has 1 amide bonds. The predicted octanol–water partition coefficient (Wildman–Crippen LogP) is 4.77. The highest BCUT2D eigenvalue weighted by Crippen LogP contribution is 2.29. The van der Waals surface area contributed by atoms with Crippen molar-refractivity contribution in [2.75, 3.05) is 11.5 Å². The highest BCUT2D eigenvalue weighted by Gasteiger charge is 2.32. The van der Waals surface area contributed by atoms with Crippen molar-refractivity contribution in [3.63, 3.8) is 0 Å². The number of carboxylic acid groups (broad SMARTS) is 1. The van der Waals surface area contributed by atoms with Gasteiger partial charge in [0.05, 0.1) is 6.10 Å². The second-order valence-corrected chi connectivity index (χ2v) is 8.52. The number of thiophene rings is 1. The van der Waals surface area contributed by atoms with Gasteiger partial charge in [-0.3, -0.25) is 9.69 Å². The number of amides is 1. The Bertz CT molecular complexity index is 848. The molecule has 2 atom stereocenters. The summed E-state index contributed by atoms with van der Waals surface area (Å²) in [4.78, 5) is 25.7. The number of aromatic carboxylic acids is 1. The lowest BCUT2D eigenvalue weighted by Gasteiger charge is -2.24. The maximum absolute atomic E-state index is 12.4. The van der Waals surface area contributed by atoms with E-state index in [-0.39, 0.29) is 18.7 Å². The van der Waals surface area contributed by atoms with E-state index in [0.29, 0.717) is 17.7 Å². The van der Waals surface area contributed by atoms with Crippen LogP contribution in [0.25, 0.3) is 0 Å². The van der Waals surface area contributed by atoms with Gasteiger partial charge in [0, 0.05) is 5.69 Å². The van der Waals surface area contributed by atoms with E-state index in [1.165, 1.54) is 11.3 Å². The second-order valence-electron chi connectivity index (χ2n) is 7.60. The normalized spacial score (nSPS) is 17.5. The summed E-state index contributed by atoms with van der Waals surface area (Å²) >= 11 is 1.23. The van der Waals surface area contributed by atoms with Crippen LogP contribution in [0.2, 0.25) is 0 Å². The van der Waals surface area contributed by atoms with Crippen molar-refractivity contribution in [1.82, 2.24) is 0 Å². The minimum absolute atomic E-state index is 0.0465. The third kappa shape index (κ3) is 5.47. The van der Waals surface area contributed by atoms with Crippen LogP contribution in [0.4, 0.5) is 5.69 Å². The molecule has 2 unspecified atom stereocenters. The lowest BCUT2D eigenvalue weighted by atomic mass is 10.0. The zero-order valence-corrected chi connectivity index (χ0v) is 18.1. The average molecular weight is 432 g/mol. The molecule has 1 aromatic heterocycles. The van der Waals surface area contributed by atoms with Gasteiger partial charge < -0.3 is 14.9 Å². The van der Waals surface area contributed by atoms with Crippen LogP contribution < -0.4 is 4.90 Å². The lowest BCUT2D eigenvalue weighted by Crippen LogP contribution is -2.33. The van der Waals surface area contributed by atoms with Gasteiger partial charge in [0.25, 0.3) is 5.91 Å². The first kappa shape index (κ1) is 22.5. The van der Waals surface area contributed by atoms with Crippen LogP contribution in [0.15, 0.2) is 35.7 Å². The molecule has 1 fully saturated rings. The molecule has 1 saturated heterocycles. The average Bonchev–Trinajstić information content (AvgIpc) is 3.35. The Morgan fingerprint density at radius 1 is 1.23 bits per heavy atom. The fourth-order valence-electron chi connectivity index (χ4n) is 3.79. The number of unbranched alkanes of at least 4 members (excludes halogenated alkanes) is 2. The zero-order valence-electron chi connectivity index (χ0n) is 17.3. The highest BCUT2D eigenvalue weighted by atomic mass is 32.1. The van der Waals surface area contributed by atoms with Crippen molar-refractivity contribution >= 4 is 28.9 Å². The number of nitrogens with zero attached hydrogens (tertiary/aromatic N) is 1. The topological polar surface area (TPSA) is 87.1 Å². The summed E-state index contributed by atoms with van der Waals surface area (Å²) < 4.78 is 5.69. The van der Waals surface area contributed by atoms with E-state index in [4.69, 9.17) is 4.74 Å². The summed E-state index contributed by atoms with van der Waals surface area (Å²) in [6.45, 7) is 2.18. The standard InChI is InChI=1S/C23H29NO5S/c1-2-3-4-7-19(25)16-9-11-18(12-10-16)24-20(26)15-29-21(24)8-5-6-17-13-14-30-22(17)23(27)28/h9-14,19,21,25H,2-8,15H2,1H3,(H,27,28). The number of carboxylic acids is 1. The van der Waals surface area contributed by atoms with Crippen molar-refractivity contribution in [3.05, 3.63) is 51.7 Å². The first-order valence-electron chi connectivity index (χ1n) is 10.5. The minimum Gasteiger partial charge on any atom is -0.477 e. The smallest absolute Gasteiger partial charge is 0.346 e. The Morgan fingerprint density at radius 2 is 2.00 bits per heavy atom. The maximum Gasteiger partial charge on any atom is 0.346 e. The molecule has 0 radical (unpaired) electrons. The van der Waals surface area contributed by atoms with E-state index in [1.54, 1.807) is 10.3 Å². The molecule has 30 heavy (non-hydrogen) atoms. The molecule has 2 aromatic rings. The monoisotopic (exact) mass is 431 g/mol. The third-order valence-electron chi connectivity index (χ3n) is 5.43. The third-order valence-corrected chi connectivity index (χ3v) is 6.38. The van der Waals surface area contributed by atoms with Gasteiger partial charge >= 0.3 is 5.97 Å². The number of hydrogen-bond acceptors (Lipinski definition) is 5. The molecule has 1 aliphatic heterocycles. The number of aliphatic hydroxyl groups excluding tert-OH is 1. The minimum atomic E-state index is -0.897. The van der Waals surface area contributed by atoms with E-state index in [2.05, 4.69) is 6.92 Å². The Balaban J connectivity index is 1.59. The molecule has 1 aliphatic rings. The number of aryl methyl sites for hydroxylation is 1. The van der Waals surface area contributed by atoms with Crippen LogP contribution >= 0.6 is 11.3 Å². The number of carbonyl (C=O) groups excluding carboxylic acids is 1. The van der Waals surface area contributed by atoms with E-state index < -0.39 is 12.1 Å². The molecule has 2 N–H and O–H groups in total. The number of benzene rings is 1. The number of carbonyl (C=O) groups is 2. The summed E-state index contributed by atoms with van der Waals surface area (Å²) in [5.41, 5.74) is 2.44. The molecule has 3 rings (SSSR count). The van der Waals surface area contributed by atoms with Gasteiger partial charge in [-0.1, -0.05) is 38.3 Å². The van der Waals surface area contributed by atoms with Gasteiger partial charge in [0.15, 0.2) is 0 Å². The molecule has 0 aliphatic carbocycles. The summed E-state index contributed by atoms with van der Waals surface area (Å²) in [6.07, 6.45) is 5.10. The fraction of sp³-hybridized carbons (Fsp3) is 0.478. The van der Waals surface area contributed by atoms with Crippen LogP contribution in [0.1, 0.15) is 72.4 Å². The Labute approximate surface area is 181 Å². The SMILES string of the molecule is CCCCCC(O)c1ccc(N2C(=O)COC2CCCc2ccsc2C(=O)O)cc1. The van der Waals surface area contributed by atoms with E-state index in [0.717, 1.165) is 48.9 Å². The number of hydrogen-bond donors (Lipinski definition) is 2. The number of anilines is 1. The van der Waals surface area contributed by atoms with Gasteiger partial charge in [-0.15, -0.1) is 11.3 Å². The first-order valence-corrected chi connectivity index (χ1v) is 11.4. The van der Waals surface area contributed by atoms with Gasteiger partial charge in [0.1, 0.15) is 17.7 Å². The fourth-order valence-corrected chi connectivity index (χ4v) is 4.58. The number of aliphatic hydroxyl groups is 1. The number of rotatable bonds is 11. The highest BCUT2D eigenvalue weighted by molar-refractivity contribution is 7.12. The maximum atomic E-state index is 12.4. The molecule has 0 bridgehead atoms. The van der Waals surface area contributed by atoms with Crippen molar-refractivity contribution in [1.29, 1.82) is 0 Å². The quantitative estimate of drug-likeness (QED) is 0.500. The van der Waals surface area contributed by atoms with Crippen molar-refractivity contribution < 1.29 is 24.5 Å². The van der Waals surface area contributed by atoms with Gasteiger partial charge in [-0.05, 0) is 60.4 Å². The van der Waals surface area contributed by atoms with Crippen molar-refractivity contribution in [3.8, 4) is 0 Å². The van der Waals surface area contributed by atoms with Crippen LogP contribution in [0, 0.1) is 0 Å². The first-order chi connectivity index (χ1) is 14.5. The molecule has 1 aromatic carbocycles. The largest absolute Gasteiger partial charge is 0.477 e. The van der Waals surface area contributed by atoms with E-state index >= 15 is 0 Å². The number of ether oxygens (including phenoxy) is 1. The molecule has 6 nitrogen and oxygen atoms in total. The molecule has 7 heteroatoms. The Morgan fingerprint density at radius 3 is 2.70 bits per heavy atom. The van der Waals surface area contributed by atoms with E-state index in [9.17, 15) is 19.8 Å². The van der Waals surface area contributed by atoms with Gasteiger partial charge in [0.2, 0.25) is 0 Å². The van der Waals surface area contributed by atoms with Crippen LogP contribution in [-0.2, 0) is 16.0 Å². The zero-order chi connectivity index (χ0) is 21.5. The molecular formula is C23H29NO5S. The lowest BCUT2D eigenvalue weighted by molar-refractivity contribution is -0.117. The van der Waals surface area contributed by atoms with Crippen LogP contribution in [0.5, 0.6) is 0 Å². The van der Waals surface area contributed by atoms with Gasteiger partial charge in [-0.25, -0.2) is 4.79 Å². The molecule has 0 saturated carbocycles. The van der Waals surface area contributed by atoms with Crippen molar-refractivity contribution in [2.45, 2.75) is 64.2 Å². The summed E-state index contributed by atoms with van der Waals surface area (Å²) in [6, 6.07) is 9.31. The van der Waals surface area contributed by atoms with Crippen LogP contribution in [0.3, 0.4) is 0 Å². The Hall–Kier alpha value is -2.22. The molecule has 0 spiro atoms.